The Balaban J connectivity index is 2.80. The summed E-state index contributed by atoms with van der Waals surface area (Å²) in [6.07, 6.45) is 0. The fourth-order valence-corrected chi connectivity index (χ4v) is 4.27. The number of hydrogen-bond acceptors (Lipinski definition) is 4. The molecule has 0 saturated heterocycles. The molecule has 1 aromatic carbocycles. The maximum absolute atomic E-state index is 11.9. The highest BCUT2D eigenvalue weighted by Gasteiger charge is 2.25. The maximum atomic E-state index is 11.9. The summed E-state index contributed by atoms with van der Waals surface area (Å²) < 4.78 is 33.1. The van der Waals surface area contributed by atoms with Gasteiger partial charge in [-0.05, 0) is 19.1 Å². The number of benzene rings is 1. The lowest BCUT2D eigenvalue weighted by Crippen LogP contribution is -2.02. The third kappa shape index (κ3) is 3.52. The molecule has 0 bridgehead atoms. The summed E-state index contributed by atoms with van der Waals surface area (Å²) in [4.78, 5) is 0.625. The molecule has 0 spiro atoms. The third-order valence-electron chi connectivity index (χ3n) is 2.12. The molecular formula is C10H15O4PS. The van der Waals surface area contributed by atoms with Crippen LogP contribution in [0, 0.1) is 6.92 Å². The topological polar surface area (TPSA) is 52.6 Å². The highest BCUT2D eigenvalue weighted by atomic mass is 32.2. The molecule has 90 valence electrons. The van der Waals surface area contributed by atoms with E-state index in [1.54, 1.807) is 12.1 Å². The lowest BCUT2D eigenvalue weighted by molar-refractivity contribution is 0.280. The second-order valence-electron chi connectivity index (χ2n) is 3.26. The number of rotatable bonds is 5. The van der Waals surface area contributed by atoms with Gasteiger partial charge in [-0.2, -0.15) is 0 Å². The highest BCUT2D eigenvalue weighted by molar-refractivity contribution is 7.92. The largest absolute Gasteiger partial charge is 0.342 e. The van der Waals surface area contributed by atoms with Gasteiger partial charge in [0.1, 0.15) is 5.49 Å². The lowest BCUT2D eigenvalue weighted by atomic mass is 10.2. The molecule has 0 heterocycles. The van der Waals surface area contributed by atoms with E-state index in [0.29, 0.717) is 4.90 Å². The normalized spacial score (nSPS) is 13.7. The van der Waals surface area contributed by atoms with Gasteiger partial charge >= 0.3 is 7.60 Å². The first-order chi connectivity index (χ1) is 7.50. The van der Waals surface area contributed by atoms with E-state index in [1.807, 2.05) is 19.1 Å². The van der Waals surface area contributed by atoms with Crippen molar-refractivity contribution in [3.8, 4) is 0 Å². The third-order valence-corrected chi connectivity index (χ3v) is 6.23. The van der Waals surface area contributed by atoms with E-state index >= 15 is 0 Å². The molecule has 0 aliphatic rings. The van der Waals surface area contributed by atoms with Crippen molar-refractivity contribution in [2.75, 3.05) is 19.7 Å². The van der Waals surface area contributed by atoms with Crippen molar-refractivity contribution in [2.24, 2.45) is 0 Å². The predicted molar refractivity (Wildman–Crippen MR) is 64.1 cm³/mol. The molecule has 1 atom stereocenters. The van der Waals surface area contributed by atoms with Gasteiger partial charge < -0.3 is 9.05 Å². The van der Waals surface area contributed by atoms with Crippen molar-refractivity contribution in [2.45, 2.75) is 11.8 Å². The fraction of sp³-hybridized carbons (Fsp3) is 0.400. The molecule has 0 aliphatic carbocycles. The van der Waals surface area contributed by atoms with Crippen LogP contribution >= 0.6 is 7.60 Å². The molecular weight excluding hydrogens is 247 g/mol. The number of aryl methyl sites for hydroxylation is 1. The monoisotopic (exact) mass is 262 g/mol. The highest BCUT2D eigenvalue weighted by Crippen LogP contribution is 2.47. The Kier molecular flexibility index (Phi) is 4.87. The molecule has 6 heteroatoms. The van der Waals surface area contributed by atoms with E-state index in [1.165, 1.54) is 14.2 Å². The van der Waals surface area contributed by atoms with Crippen LogP contribution in [0.2, 0.25) is 0 Å². The SMILES string of the molecule is COP(=O)(C[S@](=O)c1ccc(C)cc1)OC. The van der Waals surface area contributed by atoms with Gasteiger partial charge in [-0.1, -0.05) is 17.7 Å². The zero-order chi connectivity index (χ0) is 12.2. The smallest absolute Gasteiger partial charge is 0.311 e. The summed E-state index contributed by atoms with van der Waals surface area (Å²) in [7, 11) is -2.01. The quantitative estimate of drug-likeness (QED) is 0.765. The molecule has 0 amide bonds. The molecule has 0 aromatic heterocycles. The second-order valence-corrected chi connectivity index (χ2v) is 7.41. The van der Waals surface area contributed by atoms with Gasteiger partial charge in [-0.15, -0.1) is 0 Å². The second kappa shape index (κ2) is 5.73. The summed E-state index contributed by atoms with van der Waals surface area (Å²) in [5, 5.41) is 0. The van der Waals surface area contributed by atoms with Gasteiger partial charge in [0.05, 0.1) is 10.8 Å². The standard InChI is InChI=1S/C10H15O4PS/c1-9-4-6-10(7-5-9)16(12)8-15(11,13-2)14-3/h4-7H,8H2,1-3H3/t16-/m0/s1. The Morgan fingerprint density at radius 1 is 1.19 bits per heavy atom. The molecule has 1 rings (SSSR count). The van der Waals surface area contributed by atoms with Crippen LogP contribution in [-0.4, -0.2) is 23.9 Å². The molecule has 0 N–H and O–H groups in total. The first kappa shape index (κ1) is 13.6. The molecule has 0 saturated carbocycles. The average Bonchev–Trinajstić information content (AvgIpc) is 2.29. The van der Waals surface area contributed by atoms with Crippen LogP contribution in [0.5, 0.6) is 0 Å². The van der Waals surface area contributed by atoms with Crippen molar-refractivity contribution in [3.63, 3.8) is 0 Å². The van der Waals surface area contributed by atoms with Crippen LogP contribution in [0.4, 0.5) is 0 Å². The number of hydrogen-bond donors (Lipinski definition) is 0. The Hall–Kier alpha value is -0.480. The van der Waals surface area contributed by atoms with Crippen LogP contribution in [0.15, 0.2) is 29.2 Å². The van der Waals surface area contributed by atoms with Crippen LogP contribution in [0.1, 0.15) is 5.56 Å². The van der Waals surface area contributed by atoms with Crippen LogP contribution < -0.4 is 0 Å². The van der Waals surface area contributed by atoms with E-state index in [4.69, 9.17) is 9.05 Å². The first-order valence-electron chi connectivity index (χ1n) is 4.66. The van der Waals surface area contributed by atoms with Crippen molar-refractivity contribution in [1.82, 2.24) is 0 Å². The van der Waals surface area contributed by atoms with Gasteiger partial charge in [-0.3, -0.25) is 8.77 Å². The molecule has 0 aliphatic heterocycles. The summed E-state index contributed by atoms with van der Waals surface area (Å²) in [6, 6.07) is 7.22. The Morgan fingerprint density at radius 3 is 2.12 bits per heavy atom. The van der Waals surface area contributed by atoms with E-state index in [9.17, 15) is 8.77 Å². The predicted octanol–water partition coefficient (Wildman–Crippen LogP) is 2.55. The van der Waals surface area contributed by atoms with E-state index < -0.39 is 18.4 Å². The van der Waals surface area contributed by atoms with Crippen molar-refractivity contribution in [3.05, 3.63) is 29.8 Å². The molecule has 16 heavy (non-hydrogen) atoms. The van der Waals surface area contributed by atoms with Crippen molar-refractivity contribution < 1.29 is 17.8 Å². The summed E-state index contributed by atoms with van der Waals surface area (Å²) in [5.74, 6) is 0. The Labute approximate surface area is 98.0 Å². The minimum absolute atomic E-state index is 0.122. The van der Waals surface area contributed by atoms with Crippen molar-refractivity contribution >= 4 is 18.4 Å². The maximum Gasteiger partial charge on any atom is 0.342 e. The minimum atomic E-state index is -3.21. The Morgan fingerprint density at radius 2 is 1.69 bits per heavy atom. The molecule has 0 unspecified atom stereocenters. The molecule has 0 radical (unpaired) electrons. The fourth-order valence-electron chi connectivity index (χ4n) is 1.09. The lowest BCUT2D eigenvalue weighted by Gasteiger charge is -2.12. The summed E-state index contributed by atoms with van der Waals surface area (Å²) >= 11 is 0. The first-order valence-corrected chi connectivity index (χ1v) is 7.71. The Bertz CT molecular complexity index is 407. The average molecular weight is 262 g/mol. The van der Waals surface area contributed by atoms with Gasteiger partial charge in [0.25, 0.3) is 0 Å². The van der Waals surface area contributed by atoms with E-state index in [-0.39, 0.29) is 5.49 Å². The van der Waals surface area contributed by atoms with Gasteiger partial charge in [0.15, 0.2) is 0 Å². The summed E-state index contributed by atoms with van der Waals surface area (Å²) in [6.45, 7) is 1.95. The molecule has 0 fully saturated rings. The van der Waals surface area contributed by atoms with Crippen LogP contribution in [-0.2, 0) is 24.4 Å². The van der Waals surface area contributed by atoms with Crippen LogP contribution in [0.25, 0.3) is 0 Å². The van der Waals surface area contributed by atoms with E-state index in [2.05, 4.69) is 0 Å². The van der Waals surface area contributed by atoms with Gasteiger partial charge in [-0.25, -0.2) is 0 Å². The van der Waals surface area contributed by atoms with Crippen LogP contribution in [0.3, 0.4) is 0 Å². The zero-order valence-electron chi connectivity index (χ0n) is 9.50. The van der Waals surface area contributed by atoms with E-state index in [0.717, 1.165) is 5.56 Å². The zero-order valence-corrected chi connectivity index (χ0v) is 11.2. The minimum Gasteiger partial charge on any atom is -0.311 e. The summed E-state index contributed by atoms with van der Waals surface area (Å²) in [5.41, 5.74) is 0.964. The molecule has 1 aromatic rings. The van der Waals surface area contributed by atoms with Gasteiger partial charge in [0, 0.05) is 19.1 Å². The molecule has 4 nitrogen and oxygen atoms in total. The van der Waals surface area contributed by atoms with Gasteiger partial charge in [0.2, 0.25) is 0 Å². The van der Waals surface area contributed by atoms with Crippen molar-refractivity contribution in [1.29, 1.82) is 0 Å².